The highest BCUT2D eigenvalue weighted by atomic mass is 16.5. The molecule has 10 heteroatoms. The first-order chi connectivity index (χ1) is 17.5. The Labute approximate surface area is 208 Å². The van der Waals surface area contributed by atoms with Crippen molar-refractivity contribution in [3.8, 4) is 11.8 Å². The Hall–Kier alpha value is -4.56. The number of pyridine rings is 1. The van der Waals surface area contributed by atoms with Crippen LogP contribution in [0.15, 0.2) is 73.1 Å². The van der Waals surface area contributed by atoms with E-state index < -0.39 is 17.9 Å². The van der Waals surface area contributed by atoms with Crippen molar-refractivity contribution in [3.05, 3.63) is 95.3 Å². The summed E-state index contributed by atoms with van der Waals surface area (Å²) in [6, 6.07) is 16.4. The molecule has 0 saturated heterocycles. The summed E-state index contributed by atoms with van der Waals surface area (Å²) in [6.07, 6.45) is 3.41. The average Bonchev–Trinajstić information content (AvgIpc) is 2.91. The minimum absolute atomic E-state index is 0.151. The maximum Gasteiger partial charge on any atom is 0.267 e. The van der Waals surface area contributed by atoms with Crippen LogP contribution in [0.3, 0.4) is 0 Å². The number of nitrogens with zero attached hydrogens (tertiary/aromatic N) is 1. The minimum Gasteiger partial charge on any atom is -0.339 e. The summed E-state index contributed by atoms with van der Waals surface area (Å²) in [5.74, 6) is 4.59. The third-order valence-corrected chi connectivity index (χ3v) is 5.00. The third kappa shape index (κ3) is 8.03. The van der Waals surface area contributed by atoms with Gasteiger partial charge >= 0.3 is 0 Å². The lowest BCUT2D eigenvalue weighted by molar-refractivity contribution is -0.130. The quantitative estimate of drug-likeness (QED) is 0.148. The van der Waals surface area contributed by atoms with Gasteiger partial charge < -0.3 is 21.7 Å². The minimum atomic E-state index is -1.04. The van der Waals surface area contributed by atoms with Gasteiger partial charge in [-0.25, -0.2) is 5.48 Å². The van der Waals surface area contributed by atoms with Gasteiger partial charge in [-0.05, 0) is 66.2 Å². The normalized spacial score (nSPS) is 10.9. The second-order valence-electron chi connectivity index (χ2n) is 7.65. The summed E-state index contributed by atoms with van der Waals surface area (Å²) in [4.78, 5) is 39.8. The summed E-state index contributed by atoms with van der Waals surface area (Å²) >= 11 is 0. The fourth-order valence-corrected chi connectivity index (χ4v) is 3.06. The molecule has 3 rings (SSSR count). The van der Waals surface area contributed by atoms with Crippen molar-refractivity contribution in [3.63, 3.8) is 0 Å². The van der Waals surface area contributed by atoms with Crippen LogP contribution in [0, 0.1) is 11.8 Å². The fourth-order valence-electron chi connectivity index (χ4n) is 3.06. The lowest BCUT2D eigenvalue weighted by Gasteiger charge is -2.14. The van der Waals surface area contributed by atoms with Crippen LogP contribution in [-0.4, -0.2) is 47.0 Å². The smallest absolute Gasteiger partial charge is 0.267 e. The Morgan fingerprint density at radius 3 is 2.11 bits per heavy atom. The second kappa shape index (κ2) is 13.4. The lowest BCUT2D eigenvalue weighted by Crippen LogP contribution is -2.50. The summed E-state index contributed by atoms with van der Waals surface area (Å²) in [5, 5.41) is 17.0. The lowest BCUT2D eigenvalue weighted by atomic mass is 10.1. The van der Waals surface area contributed by atoms with Gasteiger partial charge in [0.05, 0.1) is 6.54 Å². The van der Waals surface area contributed by atoms with Crippen molar-refractivity contribution >= 4 is 23.4 Å². The van der Waals surface area contributed by atoms with Crippen molar-refractivity contribution in [1.82, 2.24) is 21.1 Å². The zero-order valence-corrected chi connectivity index (χ0v) is 19.3. The van der Waals surface area contributed by atoms with Crippen molar-refractivity contribution in [2.45, 2.75) is 12.6 Å². The number of carbonyl (C=O) groups is 3. The highest BCUT2D eigenvalue weighted by molar-refractivity contribution is 5.97. The number of benzene rings is 2. The first-order valence-electron chi connectivity index (χ1n) is 11.0. The number of anilines is 1. The first kappa shape index (κ1) is 26.1. The SMILES string of the molecule is NC[C@H](NC(=O)c1ccc(C#Cc2ccc(NC(=O)CNCc3ccncc3)cc2)cc1)C(=O)NO. The van der Waals surface area contributed by atoms with E-state index in [0.29, 0.717) is 23.4 Å². The van der Waals surface area contributed by atoms with Crippen LogP contribution < -0.4 is 27.2 Å². The highest BCUT2D eigenvalue weighted by Gasteiger charge is 2.19. The standard InChI is InChI=1S/C26H26N6O4/c27-15-23(26(35)32-36)31-25(34)21-7-3-18(4-8-21)1-2-19-5-9-22(10-6-19)30-24(33)17-29-16-20-11-13-28-14-12-20/h3-14,23,29,36H,15-17,27H2,(H,30,33)(H,31,34)(H,32,35)/t23-/m0/s1. The Morgan fingerprint density at radius 1 is 0.917 bits per heavy atom. The molecule has 0 aliphatic rings. The molecule has 0 spiro atoms. The molecule has 36 heavy (non-hydrogen) atoms. The van der Waals surface area contributed by atoms with Gasteiger partial charge in [0.25, 0.3) is 11.8 Å². The number of hydrogen-bond acceptors (Lipinski definition) is 7. The van der Waals surface area contributed by atoms with E-state index in [1.807, 2.05) is 12.1 Å². The molecule has 3 amide bonds. The van der Waals surface area contributed by atoms with Crippen LogP contribution in [0.4, 0.5) is 5.69 Å². The van der Waals surface area contributed by atoms with E-state index in [0.717, 1.165) is 11.1 Å². The molecular formula is C26H26N6O4. The number of hydrogen-bond donors (Lipinski definition) is 6. The number of amides is 3. The van der Waals surface area contributed by atoms with E-state index >= 15 is 0 Å². The van der Waals surface area contributed by atoms with Crippen molar-refractivity contribution in [1.29, 1.82) is 0 Å². The zero-order valence-electron chi connectivity index (χ0n) is 19.3. The van der Waals surface area contributed by atoms with Crippen molar-refractivity contribution < 1.29 is 19.6 Å². The van der Waals surface area contributed by atoms with Gasteiger partial charge in [0.2, 0.25) is 5.91 Å². The van der Waals surface area contributed by atoms with Gasteiger partial charge in [-0.2, -0.15) is 0 Å². The summed E-state index contributed by atoms with van der Waals surface area (Å²) < 4.78 is 0. The molecule has 0 bridgehead atoms. The van der Waals surface area contributed by atoms with Gasteiger partial charge in [0.15, 0.2) is 0 Å². The number of aromatic nitrogens is 1. The Kier molecular flexibility index (Phi) is 9.67. The van der Waals surface area contributed by atoms with Crippen molar-refractivity contribution in [2.24, 2.45) is 5.73 Å². The van der Waals surface area contributed by atoms with E-state index in [4.69, 9.17) is 10.9 Å². The molecule has 0 radical (unpaired) electrons. The fraction of sp³-hybridized carbons (Fsp3) is 0.154. The van der Waals surface area contributed by atoms with Crippen molar-refractivity contribution in [2.75, 3.05) is 18.4 Å². The van der Waals surface area contributed by atoms with E-state index in [1.165, 1.54) is 5.48 Å². The van der Waals surface area contributed by atoms with E-state index in [-0.39, 0.29) is 19.0 Å². The number of nitrogens with one attached hydrogen (secondary N) is 4. The molecule has 0 unspecified atom stereocenters. The van der Waals surface area contributed by atoms with Crippen LogP contribution in [-0.2, 0) is 16.1 Å². The second-order valence-corrected chi connectivity index (χ2v) is 7.65. The summed E-state index contributed by atoms with van der Waals surface area (Å²) in [5.41, 5.74) is 10.4. The van der Waals surface area contributed by atoms with Crippen LogP contribution >= 0.6 is 0 Å². The molecule has 1 aromatic heterocycles. The maximum atomic E-state index is 12.3. The Bertz CT molecular complexity index is 1240. The first-order valence-corrected chi connectivity index (χ1v) is 11.0. The van der Waals surface area contributed by atoms with Gasteiger partial charge in [-0.15, -0.1) is 0 Å². The van der Waals surface area contributed by atoms with Crippen LogP contribution in [0.1, 0.15) is 27.0 Å². The third-order valence-electron chi connectivity index (χ3n) is 5.00. The van der Waals surface area contributed by atoms with Crippen LogP contribution in [0.2, 0.25) is 0 Å². The van der Waals surface area contributed by atoms with E-state index in [1.54, 1.807) is 60.9 Å². The summed E-state index contributed by atoms with van der Waals surface area (Å²) in [7, 11) is 0. The molecular weight excluding hydrogens is 460 g/mol. The van der Waals surface area contributed by atoms with Gasteiger partial charge in [-0.1, -0.05) is 11.8 Å². The molecule has 2 aromatic carbocycles. The summed E-state index contributed by atoms with van der Waals surface area (Å²) in [6.45, 7) is 0.595. The van der Waals surface area contributed by atoms with Crippen LogP contribution in [0.25, 0.3) is 0 Å². The molecule has 1 heterocycles. The van der Waals surface area contributed by atoms with Crippen LogP contribution in [0.5, 0.6) is 0 Å². The molecule has 0 saturated carbocycles. The molecule has 1 atom stereocenters. The number of rotatable bonds is 9. The molecule has 0 aliphatic heterocycles. The van der Waals surface area contributed by atoms with E-state index in [9.17, 15) is 14.4 Å². The van der Waals surface area contributed by atoms with E-state index in [2.05, 4.69) is 32.8 Å². The Morgan fingerprint density at radius 2 is 1.53 bits per heavy atom. The number of hydroxylamine groups is 1. The zero-order chi connectivity index (χ0) is 25.8. The molecule has 0 aliphatic carbocycles. The number of nitrogens with two attached hydrogens (primary N) is 1. The molecule has 10 nitrogen and oxygen atoms in total. The highest BCUT2D eigenvalue weighted by Crippen LogP contribution is 2.09. The average molecular weight is 487 g/mol. The predicted molar refractivity (Wildman–Crippen MR) is 134 cm³/mol. The molecule has 184 valence electrons. The molecule has 0 fully saturated rings. The van der Waals surface area contributed by atoms with Gasteiger partial charge in [0, 0.05) is 47.9 Å². The molecule has 3 aromatic rings. The number of carbonyl (C=O) groups excluding carboxylic acids is 3. The Balaban J connectivity index is 1.49. The monoisotopic (exact) mass is 486 g/mol. The predicted octanol–water partition coefficient (Wildman–Crippen LogP) is 0.772. The maximum absolute atomic E-state index is 12.3. The largest absolute Gasteiger partial charge is 0.339 e. The topological polar surface area (TPSA) is 158 Å². The van der Waals surface area contributed by atoms with Gasteiger partial charge in [0.1, 0.15) is 6.04 Å². The molecule has 7 N–H and O–H groups in total. The van der Waals surface area contributed by atoms with Gasteiger partial charge in [-0.3, -0.25) is 24.6 Å².